The van der Waals surface area contributed by atoms with Gasteiger partial charge in [0.1, 0.15) is 0 Å². The summed E-state index contributed by atoms with van der Waals surface area (Å²) in [7, 11) is 0. The van der Waals surface area contributed by atoms with Crippen molar-refractivity contribution in [3.05, 3.63) is 36.4 Å². The molecule has 0 aliphatic carbocycles. The Hall–Kier alpha value is -2.23. The molecule has 2 aromatic rings. The third-order valence-electron chi connectivity index (χ3n) is 2.09. The summed E-state index contributed by atoms with van der Waals surface area (Å²) in [6, 6.07) is 10.2. The second kappa shape index (κ2) is 3.49. The van der Waals surface area contributed by atoms with Gasteiger partial charge in [-0.1, -0.05) is 6.07 Å². The molecule has 1 aromatic heterocycles. The van der Waals surface area contributed by atoms with E-state index in [1.807, 2.05) is 0 Å². The van der Waals surface area contributed by atoms with Gasteiger partial charge >= 0.3 is 0 Å². The minimum absolute atomic E-state index is 0.0330. The second-order valence-corrected chi connectivity index (χ2v) is 3.23. The summed E-state index contributed by atoms with van der Waals surface area (Å²) in [5.41, 5.74) is 14.0. The summed E-state index contributed by atoms with van der Waals surface area (Å²) < 4.78 is 0. The van der Waals surface area contributed by atoms with E-state index in [0.29, 0.717) is 17.1 Å². The van der Waals surface area contributed by atoms with E-state index in [9.17, 15) is 5.11 Å². The largest absolute Gasteiger partial charge is 0.493 e. The van der Waals surface area contributed by atoms with Crippen LogP contribution < -0.4 is 11.5 Å². The van der Waals surface area contributed by atoms with Crippen molar-refractivity contribution in [2.24, 2.45) is 0 Å². The van der Waals surface area contributed by atoms with Gasteiger partial charge in [-0.15, -0.1) is 0 Å². The van der Waals surface area contributed by atoms with Crippen LogP contribution >= 0.6 is 0 Å². The van der Waals surface area contributed by atoms with Crippen LogP contribution in [0.3, 0.4) is 0 Å². The first-order chi connectivity index (χ1) is 7.16. The molecule has 5 N–H and O–H groups in total. The van der Waals surface area contributed by atoms with E-state index in [-0.39, 0.29) is 5.88 Å². The molecule has 0 saturated heterocycles. The molecule has 4 nitrogen and oxygen atoms in total. The summed E-state index contributed by atoms with van der Waals surface area (Å²) in [5.74, 6) is -0.0330. The van der Waals surface area contributed by atoms with Gasteiger partial charge in [0, 0.05) is 23.0 Å². The van der Waals surface area contributed by atoms with E-state index < -0.39 is 0 Å². The van der Waals surface area contributed by atoms with Crippen molar-refractivity contribution >= 4 is 11.4 Å². The van der Waals surface area contributed by atoms with Crippen LogP contribution in [-0.2, 0) is 0 Å². The molecule has 0 fully saturated rings. The number of rotatable bonds is 1. The van der Waals surface area contributed by atoms with Gasteiger partial charge in [-0.05, 0) is 24.3 Å². The molecular formula is C11H11N3O. The molecule has 0 bridgehead atoms. The number of pyridine rings is 1. The third kappa shape index (κ3) is 1.83. The van der Waals surface area contributed by atoms with Crippen LogP contribution in [0.2, 0.25) is 0 Å². The lowest BCUT2D eigenvalue weighted by molar-refractivity contribution is 0.454. The van der Waals surface area contributed by atoms with Crippen LogP contribution in [0.25, 0.3) is 11.3 Å². The predicted octanol–water partition coefficient (Wildman–Crippen LogP) is 1.62. The second-order valence-electron chi connectivity index (χ2n) is 3.23. The molecule has 0 atom stereocenters. The Kier molecular flexibility index (Phi) is 2.17. The summed E-state index contributed by atoms with van der Waals surface area (Å²) >= 11 is 0. The highest BCUT2D eigenvalue weighted by molar-refractivity contribution is 5.77. The first-order valence-electron chi connectivity index (χ1n) is 4.48. The molecule has 0 spiro atoms. The number of anilines is 2. The number of aromatic nitrogens is 1. The average molecular weight is 201 g/mol. The molecule has 76 valence electrons. The lowest BCUT2D eigenvalue weighted by Crippen LogP contribution is -1.94. The molecular weight excluding hydrogens is 190 g/mol. The Labute approximate surface area is 87.2 Å². The highest BCUT2D eigenvalue weighted by Crippen LogP contribution is 2.27. The van der Waals surface area contributed by atoms with Crippen molar-refractivity contribution in [1.82, 2.24) is 4.98 Å². The maximum atomic E-state index is 9.25. The number of hydrogen-bond acceptors (Lipinski definition) is 4. The normalized spacial score (nSPS) is 10.1. The smallest absolute Gasteiger partial charge is 0.211 e. The topological polar surface area (TPSA) is 85.2 Å². The number of hydrogen-bond donors (Lipinski definition) is 3. The van der Waals surface area contributed by atoms with Crippen LogP contribution in [0.4, 0.5) is 11.4 Å². The molecule has 1 aromatic carbocycles. The standard InChI is InChI=1S/C11H11N3O/c12-7-4-5-9(13)8(6-7)10-2-1-3-11(15)14-10/h1-6H,12-13H2,(H,14,15). The van der Waals surface area contributed by atoms with Crippen LogP contribution in [0.1, 0.15) is 0 Å². The number of aromatic hydroxyl groups is 1. The van der Waals surface area contributed by atoms with Gasteiger partial charge in [0.15, 0.2) is 0 Å². The van der Waals surface area contributed by atoms with Crippen LogP contribution in [-0.4, -0.2) is 10.1 Å². The highest BCUT2D eigenvalue weighted by Gasteiger charge is 2.04. The summed E-state index contributed by atoms with van der Waals surface area (Å²) in [6.07, 6.45) is 0. The van der Waals surface area contributed by atoms with Gasteiger partial charge in [0.2, 0.25) is 5.88 Å². The predicted molar refractivity (Wildman–Crippen MR) is 60.2 cm³/mol. The average Bonchev–Trinajstić information content (AvgIpc) is 2.22. The molecule has 0 amide bonds. The Morgan fingerprint density at radius 2 is 1.87 bits per heavy atom. The van der Waals surface area contributed by atoms with E-state index in [0.717, 1.165) is 5.56 Å². The zero-order chi connectivity index (χ0) is 10.8. The van der Waals surface area contributed by atoms with Crippen LogP contribution in [0.5, 0.6) is 5.88 Å². The highest BCUT2D eigenvalue weighted by atomic mass is 16.3. The fourth-order valence-corrected chi connectivity index (χ4v) is 1.37. The molecule has 15 heavy (non-hydrogen) atoms. The van der Waals surface area contributed by atoms with E-state index in [1.54, 1.807) is 30.3 Å². The number of nitrogens with zero attached hydrogens (tertiary/aromatic N) is 1. The molecule has 2 rings (SSSR count). The van der Waals surface area contributed by atoms with Gasteiger partial charge in [-0.25, -0.2) is 4.98 Å². The third-order valence-corrected chi connectivity index (χ3v) is 2.09. The SMILES string of the molecule is Nc1ccc(N)c(-c2cccc(O)n2)c1. The Bertz CT molecular complexity index is 497. The van der Waals surface area contributed by atoms with Crippen LogP contribution in [0.15, 0.2) is 36.4 Å². The molecule has 0 aliphatic rings. The number of nitrogen functional groups attached to an aromatic ring is 2. The summed E-state index contributed by atoms with van der Waals surface area (Å²) in [4.78, 5) is 3.97. The fourth-order valence-electron chi connectivity index (χ4n) is 1.37. The van der Waals surface area contributed by atoms with Gasteiger partial charge < -0.3 is 16.6 Å². The van der Waals surface area contributed by atoms with Gasteiger partial charge in [0.25, 0.3) is 0 Å². The number of benzene rings is 1. The van der Waals surface area contributed by atoms with Crippen molar-refractivity contribution in [2.75, 3.05) is 11.5 Å². The first-order valence-corrected chi connectivity index (χ1v) is 4.48. The summed E-state index contributed by atoms with van der Waals surface area (Å²) in [6.45, 7) is 0. The van der Waals surface area contributed by atoms with Gasteiger partial charge in [-0.2, -0.15) is 0 Å². The first kappa shape index (κ1) is 9.33. The van der Waals surface area contributed by atoms with E-state index >= 15 is 0 Å². The lowest BCUT2D eigenvalue weighted by Gasteiger charge is -2.06. The van der Waals surface area contributed by atoms with Crippen molar-refractivity contribution in [2.45, 2.75) is 0 Å². The molecule has 0 unspecified atom stereocenters. The zero-order valence-corrected chi connectivity index (χ0v) is 8.01. The van der Waals surface area contributed by atoms with E-state index in [4.69, 9.17) is 11.5 Å². The molecule has 0 radical (unpaired) electrons. The Morgan fingerprint density at radius 3 is 2.60 bits per heavy atom. The molecule has 1 heterocycles. The minimum atomic E-state index is -0.0330. The number of nitrogens with two attached hydrogens (primary N) is 2. The van der Waals surface area contributed by atoms with Crippen molar-refractivity contribution < 1.29 is 5.11 Å². The minimum Gasteiger partial charge on any atom is -0.493 e. The molecule has 0 aliphatic heterocycles. The van der Waals surface area contributed by atoms with Crippen molar-refractivity contribution in [1.29, 1.82) is 0 Å². The zero-order valence-electron chi connectivity index (χ0n) is 8.01. The molecule has 0 saturated carbocycles. The van der Waals surface area contributed by atoms with E-state index in [2.05, 4.69) is 4.98 Å². The summed E-state index contributed by atoms with van der Waals surface area (Å²) in [5, 5.41) is 9.25. The quantitative estimate of drug-likeness (QED) is 0.612. The fraction of sp³-hybridized carbons (Fsp3) is 0. The van der Waals surface area contributed by atoms with Gasteiger partial charge in [-0.3, -0.25) is 0 Å². The maximum Gasteiger partial charge on any atom is 0.211 e. The Morgan fingerprint density at radius 1 is 1.07 bits per heavy atom. The van der Waals surface area contributed by atoms with Gasteiger partial charge in [0.05, 0.1) is 5.69 Å². The van der Waals surface area contributed by atoms with Crippen molar-refractivity contribution in [3.63, 3.8) is 0 Å². The monoisotopic (exact) mass is 201 g/mol. The lowest BCUT2D eigenvalue weighted by atomic mass is 10.1. The van der Waals surface area contributed by atoms with Crippen LogP contribution in [0, 0.1) is 0 Å². The van der Waals surface area contributed by atoms with Crippen molar-refractivity contribution in [3.8, 4) is 17.1 Å². The molecule has 4 heteroatoms. The van der Waals surface area contributed by atoms with E-state index in [1.165, 1.54) is 6.07 Å². The maximum absolute atomic E-state index is 9.25. The Balaban J connectivity index is 2.58.